The van der Waals surface area contributed by atoms with Crippen LogP contribution < -0.4 is 5.73 Å². The molecule has 5 nitrogen and oxygen atoms in total. The maximum Gasteiger partial charge on any atom is 0.275 e. The molecule has 20 heavy (non-hydrogen) atoms. The van der Waals surface area contributed by atoms with Crippen LogP contribution >= 0.6 is 0 Å². The summed E-state index contributed by atoms with van der Waals surface area (Å²) >= 11 is 0. The minimum atomic E-state index is 0.00981. The van der Waals surface area contributed by atoms with Crippen LogP contribution in [0.1, 0.15) is 36.7 Å². The van der Waals surface area contributed by atoms with E-state index in [1.807, 2.05) is 23.1 Å². The minimum absolute atomic E-state index is 0.00981. The molecule has 2 aromatic rings. The van der Waals surface area contributed by atoms with Gasteiger partial charge in [0.25, 0.3) is 5.91 Å². The van der Waals surface area contributed by atoms with E-state index in [1.165, 1.54) is 12.8 Å². The number of H-pyrrole nitrogens is 1. The predicted octanol–water partition coefficient (Wildman–Crippen LogP) is 2.41. The number of carbonyl (C=O) groups excluding carboxylic acids is 1. The number of rotatable bonds is 5. The molecule has 0 atom stereocenters. The second-order valence-electron chi connectivity index (χ2n) is 5.57. The fourth-order valence-corrected chi connectivity index (χ4v) is 2.50. The third-order valence-electron chi connectivity index (χ3n) is 3.75. The standard InChI is InChI=1S/C15H20N4O/c1-2-7-19(9-10-3-4-10)15(20)14-12-8-11(16)5-6-13(12)17-18-14/h5-6,8,10H,2-4,7,9,16H2,1H3,(H,17,18). The molecule has 0 aliphatic heterocycles. The van der Waals surface area contributed by atoms with Crippen LogP contribution in [0.15, 0.2) is 18.2 Å². The number of amides is 1. The zero-order chi connectivity index (χ0) is 14.1. The smallest absolute Gasteiger partial charge is 0.275 e. The molecule has 1 aromatic heterocycles. The van der Waals surface area contributed by atoms with Crippen LogP contribution in [0.5, 0.6) is 0 Å². The van der Waals surface area contributed by atoms with Gasteiger partial charge in [-0.15, -0.1) is 0 Å². The van der Waals surface area contributed by atoms with Gasteiger partial charge < -0.3 is 10.6 Å². The lowest BCUT2D eigenvalue weighted by atomic mass is 10.1. The summed E-state index contributed by atoms with van der Waals surface area (Å²) in [5.41, 5.74) is 7.80. The number of hydrogen-bond acceptors (Lipinski definition) is 3. The molecule has 0 spiro atoms. The Morgan fingerprint density at radius 3 is 3.00 bits per heavy atom. The molecule has 1 aliphatic carbocycles. The molecule has 0 saturated heterocycles. The highest BCUT2D eigenvalue weighted by atomic mass is 16.2. The second kappa shape index (κ2) is 5.15. The number of nitrogen functional groups attached to an aromatic ring is 1. The Labute approximate surface area is 118 Å². The summed E-state index contributed by atoms with van der Waals surface area (Å²) < 4.78 is 0. The van der Waals surface area contributed by atoms with Gasteiger partial charge in [0.1, 0.15) is 0 Å². The van der Waals surface area contributed by atoms with Gasteiger partial charge in [-0.1, -0.05) is 6.92 Å². The Kier molecular flexibility index (Phi) is 3.34. The summed E-state index contributed by atoms with van der Waals surface area (Å²) in [7, 11) is 0. The molecule has 106 valence electrons. The first-order valence-corrected chi connectivity index (χ1v) is 7.22. The molecule has 0 bridgehead atoms. The molecule has 1 aromatic carbocycles. The SMILES string of the molecule is CCCN(CC1CC1)C(=O)c1n[nH]c2ccc(N)cc12. The van der Waals surface area contributed by atoms with Crippen LogP contribution in [0, 0.1) is 5.92 Å². The van der Waals surface area contributed by atoms with Crippen molar-refractivity contribution in [3.05, 3.63) is 23.9 Å². The first kappa shape index (κ1) is 13.0. The van der Waals surface area contributed by atoms with Crippen molar-refractivity contribution in [1.82, 2.24) is 15.1 Å². The lowest BCUT2D eigenvalue weighted by Crippen LogP contribution is -2.34. The van der Waals surface area contributed by atoms with Crippen LogP contribution in [-0.4, -0.2) is 34.1 Å². The van der Waals surface area contributed by atoms with Crippen molar-refractivity contribution in [1.29, 1.82) is 0 Å². The number of nitrogens with two attached hydrogens (primary N) is 1. The number of anilines is 1. The summed E-state index contributed by atoms with van der Waals surface area (Å²) in [6.45, 7) is 3.73. The zero-order valence-electron chi connectivity index (χ0n) is 11.7. The fraction of sp³-hybridized carbons (Fsp3) is 0.467. The summed E-state index contributed by atoms with van der Waals surface area (Å²) in [5.74, 6) is 0.691. The minimum Gasteiger partial charge on any atom is -0.399 e. The topological polar surface area (TPSA) is 75.0 Å². The molecular formula is C15H20N4O. The van der Waals surface area contributed by atoms with E-state index in [9.17, 15) is 4.79 Å². The number of hydrogen-bond donors (Lipinski definition) is 2. The average molecular weight is 272 g/mol. The van der Waals surface area contributed by atoms with Crippen LogP contribution in [0.25, 0.3) is 10.9 Å². The highest BCUT2D eigenvalue weighted by Gasteiger charge is 2.28. The number of aromatic nitrogens is 2. The van der Waals surface area contributed by atoms with E-state index < -0.39 is 0 Å². The number of fused-ring (bicyclic) bond motifs is 1. The van der Waals surface area contributed by atoms with Gasteiger partial charge >= 0.3 is 0 Å². The molecule has 3 N–H and O–H groups in total. The molecule has 1 amide bonds. The molecular weight excluding hydrogens is 252 g/mol. The van der Waals surface area contributed by atoms with Gasteiger partial charge in [-0.05, 0) is 43.4 Å². The number of carbonyl (C=O) groups is 1. The number of nitrogens with zero attached hydrogens (tertiary/aromatic N) is 2. The van der Waals surface area contributed by atoms with Gasteiger partial charge in [0.05, 0.1) is 5.52 Å². The van der Waals surface area contributed by atoms with Crippen molar-refractivity contribution in [2.24, 2.45) is 5.92 Å². The Hall–Kier alpha value is -2.04. The van der Waals surface area contributed by atoms with Gasteiger partial charge in [-0.3, -0.25) is 9.89 Å². The van der Waals surface area contributed by atoms with Gasteiger partial charge in [0.2, 0.25) is 0 Å². The molecule has 0 unspecified atom stereocenters. The molecule has 3 rings (SSSR count). The lowest BCUT2D eigenvalue weighted by Gasteiger charge is -2.21. The quantitative estimate of drug-likeness (QED) is 0.821. The van der Waals surface area contributed by atoms with Crippen molar-refractivity contribution in [3.8, 4) is 0 Å². The molecule has 0 radical (unpaired) electrons. The Morgan fingerprint density at radius 1 is 1.50 bits per heavy atom. The van der Waals surface area contributed by atoms with E-state index in [0.717, 1.165) is 30.4 Å². The Balaban J connectivity index is 1.91. The van der Waals surface area contributed by atoms with Crippen molar-refractivity contribution < 1.29 is 4.79 Å². The summed E-state index contributed by atoms with van der Waals surface area (Å²) in [5, 5.41) is 7.92. The Morgan fingerprint density at radius 2 is 2.30 bits per heavy atom. The summed E-state index contributed by atoms with van der Waals surface area (Å²) in [4.78, 5) is 14.6. The maximum atomic E-state index is 12.7. The van der Waals surface area contributed by atoms with Crippen molar-refractivity contribution in [3.63, 3.8) is 0 Å². The van der Waals surface area contributed by atoms with Crippen LogP contribution in [0.3, 0.4) is 0 Å². The first-order chi connectivity index (χ1) is 9.69. The van der Waals surface area contributed by atoms with E-state index in [2.05, 4.69) is 17.1 Å². The first-order valence-electron chi connectivity index (χ1n) is 7.22. The molecule has 1 heterocycles. The zero-order valence-corrected chi connectivity index (χ0v) is 11.7. The third kappa shape index (κ3) is 2.48. The number of nitrogens with one attached hydrogen (secondary N) is 1. The molecule has 1 saturated carbocycles. The predicted molar refractivity (Wildman–Crippen MR) is 79.4 cm³/mol. The van der Waals surface area contributed by atoms with Crippen molar-refractivity contribution >= 4 is 22.5 Å². The van der Waals surface area contributed by atoms with Gasteiger partial charge in [-0.2, -0.15) is 5.10 Å². The summed E-state index contributed by atoms with van der Waals surface area (Å²) in [6.07, 6.45) is 3.44. The fourth-order valence-electron chi connectivity index (χ4n) is 2.50. The van der Waals surface area contributed by atoms with E-state index in [-0.39, 0.29) is 5.91 Å². The maximum absolute atomic E-state index is 12.7. The van der Waals surface area contributed by atoms with Gasteiger partial charge in [0.15, 0.2) is 5.69 Å². The van der Waals surface area contributed by atoms with E-state index in [4.69, 9.17) is 5.73 Å². The molecule has 5 heteroatoms. The largest absolute Gasteiger partial charge is 0.399 e. The van der Waals surface area contributed by atoms with E-state index >= 15 is 0 Å². The molecule has 1 fully saturated rings. The second-order valence-corrected chi connectivity index (χ2v) is 5.57. The van der Waals surface area contributed by atoms with Crippen LogP contribution in [-0.2, 0) is 0 Å². The van der Waals surface area contributed by atoms with Gasteiger partial charge in [0, 0.05) is 24.2 Å². The Bertz CT molecular complexity index is 630. The third-order valence-corrected chi connectivity index (χ3v) is 3.75. The van der Waals surface area contributed by atoms with Crippen LogP contribution in [0.4, 0.5) is 5.69 Å². The van der Waals surface area contributed by atoms with E-state index in [1.54, 1.807) is 0 Å². The number of benzene rings is 1. The van der Waals surface area contributed by atoms with Crippen molar-refractivity contribution in [2.75, 3.05) is 18.8 Å². The van der Waals surface area contributed by atoms with Crippen LogP contribution in [0.2, 0.25) is 0 Å². The van der Waals surface area contributed by atoms with Gasteiger partial charge in [-0.25, -0.2) is 0 Å². The monoisotopic (exact) mass is 272 g/mol. The number of aromatic amines is 1. The lowest BCUT2D eigenvalue weighted by molar-refractivity contribution is 0.0743. The molecule has 1 aliphatic rings. The normalized spacial score (nSPS) is 14.7. The van der Waals surface area contributed by atoms with E-state index in [0.29, 0.717) is 17.3 Å². The highest BCUT2D eigenvalue weighted by molar-refractivity contribution is 6.05. The van der Waals surface area contributed by atoms with Crippen molar-refractivity contribution in [2.45, 2.75) is 26.2 Å². The average Bonchev–Trinajstić information content (AvgIpc) is 3.15. The summed E-state index contributed by atoms with van der Waals surface area (Å²) in [6, 6.07) is 5.48. The highest BCUT2D eigenvalue weighted by Crippen LogP contribution is 2.30.